The maximum Gasteiger partial charge on any atom is 0.251 e. The van der Waals surface area contributed by atoms with Gasteiger partial charge in [0.2, 0.25) is 10.0 Å². The second-order valence-corrected chi connectivity index (χ2v) is 8.61. The van der Waals surface area contributed by atoms with Gasteiger partial charge in [-0.15, -0.1) is 6.58 Å². The number of carbonyl (C=O) groups is 1. The molecule has 0 radical (unpaired) electrons. The van der Waals surface area contributed by atoms with Gasteiger partial charge in [0.25, 0.3) is 5.91 Å². The van der Waals surface area contributed by atoms with Crippen molar-refractivity contribution in [2.24, 2.45) is 0 Å². The highest BCUT2D eigenvalue weighted by molar-refractivity contribution is 7.89. The number of hydrogen-bond acceptors (Lipinski definition) is 3. The van der Waals surface area contributed by atoms with Gasteiger partial charge in [0.05, 0.1) is 0 Å². The largest absolute Gasteiger partial charge is 0.351 e. The van der Waals surface area contributed by atoms with E-state index in [1.54, 1.807) is 0 Å². The van der Waals surface area contributed by atoms with Gasteiger partial charge in [-0.1, -0.05) is 66.7 Å². The van der Waals surface area contributed by atoms with Crippen LogP contribution in [-0.2, 0) is 10.0 Å². The molecular formula is C24H23FN2O3S. The third-order valence-electron chi connectivity index (χ3n) is 4.77. The maximum absolute atomic E-state index is 14.1. The van der Waals surface area contributed by atoms with Crippen molar-refractivity contribution in [3.8, 4) is 0 Å². The van der Waals surface area contributed by atoms with Crippen LogP contribution in [0.15, 0.2) is 96.4 Å². The average molecular weight is 439 g/mol. The first-order valence-corrected chi connectivity index (χ1v) is 11.2. The third kappa shape index (κ3) is 5.65. The number of amides is 1. The molecule has 0 atom stereocenters. The Labute approximate surface area is 181 Å². The van der Waals surface area contributed by atoms with Gasteiger partial charge in [0.1, 0.15) is 10.7 Å². The lowest BCUT2D eigenvalue weighted by Crippen LogP contribution is -2.30. The molecule has 0 saturated heterocycles. The molecule has 1 amide bonds. The van der Waals surface area contributed by atoms with Crippen LogP contribution in [0.3, 0.4) is 0 Å². The van der Waals surface area contributed by atoms with E-state index in [0.717, 1.165) is 23.3 Å². The highest BCUT2D eigenvalue weighted by Gasteiger charge is 2.21. The molecule has 0 aliphatic heterocycles. The summed E-state index contributed by atoms with van der Waals surface area (Å²) in [5.74, 6) is -1.51. The highest BCUT2D eigenvalue weighted by Crippen LogP contribution is 2.24. The summed E-state index contributed by atoms with van der Waals surface area (Å²) in [7, 11) is -4.10. The fraction of sp³-hybridized carbons (Fsp3) is 0.125. The van der Waals surface area contributed by atoms with Gasteiger partial charge in [-0.25, -0.2) is 17.5 Å². The van der Waals surface area contributed by atoms with Crippen LogP contribution in [0.2, 0.25) is 0 Å². The summed E-state index contributed by atoms with van der Waals surface area (Å²) in [5.41, 5.74) is 2.12. The molecule has 3 aromatic carbocycles. The Bertz CT molecular complexity index is 1110. The van der Waals surface area contributed by atoms with Gasteiger partial charge >= 0.3 is 0 Å². The standard InChI is InChI=1S/C24H23FN2O3S/c1-2-15-27-31(29,30)23-16-20(13-14-22(23)25)24(28)26-17-21(18-9-5-3-6-10-18)19-11-7-4-8-12-19/h2-14,16,21,27H,1,15,17H2,(H,26,28). The predicted molar refractivity (Wildman–Crippen MR) is 119 cm³/mol. The molecular weight excluding hydrogens is 415 g/mol. The van der Waals surface area contributed by atoms with E-state index in [1.165, 1.54) is 12.1 Å². The van der Waals surface area contributed by atoms with Crippen LogP contribution in [0.4, 0.5) is 4.39 Å². The molecule has 0 aromatic heterocycles. The second-order valence-electron chi connectivity index (χ2n) is 6.87. The maximum atomic E-state index is 14.1. The fourth-order valence-electron chi connectivity index (χ4n) is 3.19. The van der Waals surface area contributed by atoms with E-state index in [0.29, 0.717) is 6.54 Å². The van der Waals surface area contributed by atoms with Gasteiger partial charge < -0.3 is 5.32 Å². The minimum atomic E-state index is -4.10. The summed E-state index contributed by atoms with van der Waals surface area (Å²) in [6.45, 7) is 3.68. The Morgan fingerprint density at radius 2 is 1.55 bits per heavy atom. The predicted octanol–water partition coefficient (Wildman–Crippen LogP) is 3.85. The van der Waals surface area contributed by atoms with Crippen molar-refractivity contribution in [2.45, 2.75) is 10.8 Å². The number of hydrogen-bond donors (Lipinski definition) is 2. The summed E-state index contributed by atoms with van der Waals surface area (Å²) < 4.78 is 40.9. The van der Waals surface area contributed by atoms with Crippen LogP contribution >= 0.6 is 0 Å². The summed E-state index contributed by atoms with van der Waals surface area (Å²) >= 11 is 0. The molecule has 0 bridgehead atoms. The van der Waals surface area contributed by atoms with Crippen molar-refractivity contribution in [3.05, 3.63) is 114 Å². The third-order valence-corrected chi connectivity index (χ3v) is 6.21. The van der Waals surface area contributed by atoms with Gasteiger partial charge in [0, 0.05) is 24.6 Å². The van der Waals surface area contributed by atoms with E-state index >= 15 is 0 Å². The fourth-order valence-corrected chi connectivity index (χ4v) is 4.29. The van der Waals surface area contributed by atoms with Gasteiger partial charge in [0.15, 0.2) is 0 Å². The van der Waals surface area contributed by atoms with E-state index in [4.69, 9.17) is 0 Å². The van der Waals surface area contributed by atoms with Gasteiger partial charge in [-0.2, -0.15) is 0 Å². The first kappa shape index (κ1) is 22.4. The SMILES string of the molecule is C=CCNS(=O)(=O)c1cc(C(=O)NCC(c2ccccc2)c2ccccc2)ccc1F. The van der Waals surface area contributed by atoms with Crippen LogP contribution in [0, 0.1) is 5.82 Å². The zero-order chi connectivity index (χ0) is 22.3. The van der Waals surface area contributed by atoms with Crippen molar-refractivity contribution in [1.29, 1.82) is 0 Å². The number of benzene rings is 3. The molecule has 3 aromatic rings. The van der Waals surface area contributed by atoms with Crippen molar-refractivity contribution in [3.63, 3.8) is 0 Å². The van der Waals surface area contributed by atoms with E-state index in [1.807, 2.05) is 60.7 Å². The Kier molecular flexibility index (Phi) is 7.33. The van der Waals surface area contributed by atoms with Gasteiger partial charge in [-0.05, 0) is 29.3 Å². The van der Waals surface area contributed by atoms with Crippen molar-refractivity contribution >= 4 is 15.9 Å². The zero-order valence-corrected chi connectivity index (χ0v) is 17.6. The molecule has 0 unspecified atom stereocenters. The van der Waals surface area contributed by atoms with Crippen LogP contribution in [0.5, 0.6) is 0 Å². The molecule has 31 heavy (non-hydrogen) atoms. The topological polar surface area (TPSA) is 75.3 Å². The summed E-state index contributed by atoms with van der Waals surface area (Å²) in [5, 5.41) is 2.84. The minimum Gasteiger partial charge on any atom is -0.351 e. The van der Waals surface area contributed by atoms with Gasteiger partial charge in [-0.3, -0.25) is 4.79 Å². The van der Waals surface area contributed by atoms with Crippen LogP contribution in [0.25, 0.3) is 0 Å². The number of carbonyl (C=O) groups excluding carboxylic acids is 1. The molecule has 2 N–H and O–H groups in total. The average Bonchev–Trinajstić information content (AvgIpc) is 2.79. The zero-order valence-electron chi connectivity index (χ0n) is 16.8. The highest BCUT2D eigenvalue weighted by atomic mass is 32.2. The lowest BCUT2D eigenvalue weighted by molar-refractivity contribution is 0.0952. The Morgan fingerprint density at radius 3 is 2.10 bits per heavy atom. The van der Waals surface area contributed by atoms with E-state index in [9.17, 15) is 17.6 Å². The number of nitrogens with one attached hydrogen (secondary N) is 2. The van der Waals surface area contributed by atoms with E-state index < -0.39 is 26.6 Å². The molecule has 0 aliphatic carbocycles. The molecule has 7 heteroatoms. The summed E-state index contributed by atoms with van der Waals surface area (Å²) in [6.07, 6.45) is 1.35. The number of rotatable bonds is 9. The van der Waals surface area contributed by atoms with E-state index in [-0.39, 0.29) is 18.0 Å². The lowest BCUT2D eigenvalue weighted by atomic mass is 9.91. The van der Waals surface area contributed by atoms with Crippen LogP contribution in [0.1, 0.15) is 27.4 Å². The number of sulfonamides is 1. The first-order chi connectivity index (χ1) is 14.9. The number of halogens is 1. The summed E-state index contributed by atoms with van der Waals surface area (Å²) in [6, 6.07) is 22.8. The molecule has 0 heterocycles. The Morgan fingerprint density at radius 1 is 0.968 bits per heavy atom. The molecule has 5 nitrogen and oxygen atoms in total. The Balaban J connectivity index is 1.82. The van der Waals surface area contributed by atoms with Crippen molar-refractivity contribution < 1.29 is 17.6 Å². The first-order valence-electron chi connectivity index (χ1n) is 9.70. The van der Waals surface area contributed by atoms with Crippen molar-refractivity contribution in [1.82, 2.24) is 10.0 Å². The molecule has 0 saturated carbocycles. The molecule has 160 valence electrons. The monoisotopic (exact) mass is 438 g/mol. The second kappa shape index (κ2) is 10.1. The quantitative estimate of drug-likeness (QED) is 0.498. The van der Waals surface area contributed by atoms with Crippen LogP contribution < -0.4 is 10.0 Å². The molecule has 0 spiro atoms. The minimum absolute atomic E-state index is 0.0476. The molecule has 0 aliphatic rings. The van der Waals surface area contributed by atoms with Crippen molar-refractivity contribution in [2.75, 3.05) is 13.1 Å². The van der Waals surface area contributed by atoms with E-state index in [2.05, 4.69) is 16.6 Å². The molecule has 3 rings (SSSR count). The normalized spacial score (nSPS) is 11.3. The Hall–Kier alpha value is -3.29. The smallest absolute Gasteiger partial charge is 0.251 e. The van der Waals surface area contributed by atoms with Crippen LogP contribution in [-0.4, -0.2) is 27.4 Å². The molecule has 0 fully saturated rings. The summed E-state index contributed by atoms with van der Waals surface area (Å²) in [4.78, 5) is 12.2. The lowest BCUT2D eigenvalue weighted by Gasteiger charge is -2.19.